The predicted octanol–water partition coefficient (Wildman–Crippen LogP) is 2.20. The zero-order chi connectivity index (χ0) is 15.1. The predicted molar refractivity (Wildman–Crippen MR) is 74.1 cm³/mol. The number of ether oxygens (including phenoxy) is 1. The largest absolute Gasteiger partial charge is 0.480 e. The first-order chi connectivity index (χ1) is 9.43. The quantitative estimate of drug-likeness (QED) is 0.741. The zero-order valence-corrected chi connectivity index (χ0v) is 12.4. The van der Waals surface area contributed by atoms with Gasteiger partial charge in [0.25, 0.3) is 5.91 Å². The van der Waals surface area contributed by atoms with Gasteiger partial charge in [-0.3, -0.25) is 4.79 Å². The van der Waals surface area contributed by atoms with Crippen molar-refractivity contribution >= 4 is 27.8 Å². The highest BCUT2D eigenvalue weighted by Crippen LogP contribution is 2.15. The maximum Gasteiger partial charge on any atom is 0.326 e. The summed E-state index contributed by atoms with van der Waals surface area (Å²) in [6, 6.07) is 2.66. The summed E-state index contributed by atoms with van der Waals surface area (Å²) in [7, 11) is 1.51. The molecule has 7 heteroatoms. The molecule has 0 radical (unpaired) electrons. The number of nitrogens with one attached hydrogen (secondary N) is 1. The Bertz CT molecular complexity index is 475. The summed E-state index contributed by atoms with van der Waals surface area (Å²) in [5.74, 6) is -2.34. The number of carbonyl (C=O) groups is 2. The molecule has 1 aromatic carbocycles. The van der Waals surface area contributed by atoms with E-state index in [1.807, 2.05) is 0 Å². The lowest BCUT2D eigenvalue weighted by atomic mass is 10.1. The van der Waals surface area contributed by atoms with Crippen LogP contribution in [0.5, 0.6) is 0 Å². The van der Waals surface area contributed by atoms with Crippen LogP contribution in [0.4, 0.5) is 4.39 Å². The topological polar surface area (TPSA) is 75.6 Å². The molecular weight excluding hydrogens is 333 g/mol. The van der Waals surface area contributed by atoms with Gasteiger partial charge in [0.2, 0.25) is 0 Å². The number of methoxy groups -OCH3 is 1. The van der Waals surface area contributed by atoms with Crippen LogP contribution < -0.4 is 5.32 Å². The number of hydrogen-bond acceptors (Lipinski definition) is 3. The van der Waals surface area contributed by atoms with Gasteiger partial charge >= 0.3 is 5.97 Å². The third kappa shape index (κ3) is 5.26. The summed E-state index contributed by atoms with van der Waals surface area (Å²) in [5, 5.41) is 11.4. The second-order valence-corrected chi connectivity index (χ2v) is 5.07. The van der Waals surface area contributed by atoms with E-state index in [1.54, 1.807) is 0 Å². The van der Waals surface area contributed by atoms with Crippen molar-refractivity contribution in [2.75, 3.05) is 13.7 Å². The van der Waals surface area contributed by atoms with E-state index >= 15 is 0 Å². The molecule has 0 spiro atoms. The van der Waals surface area contributed by atoms with Crippen molar-refractivity contribution in [2.24, 2.45) is 0 Å². The molecule has 0 saturated heterocycles. The van der Waals surface area contributed by atoms with Gasteiger partial charge < -0.3 is 15.2 Å². The Balaban J connectivity index is 2.72. The Kier molecular flexibility index (Phi) is 6.60. The van der Waals surface area contributed by atoms with Crippen LogP contribution in [-0.4, -0.2) is 36.7 Å². The maximum absolute atomic E-state index is 13.2. The molecule has 1 unspecified atom stereocenters. The van der Waals surface area contributed by atoms with E-state index in [4.69, 9.17) is 9.84 Å². The molecule has 0 bridgehead atoms. The summed E-state index contributed by atoms with van der Waals surface area (Å²) in [5.41, 5.74) is 0.0647. The first kappa shape index (κ1) is 16.6. The molecule has 1 aromatic rings. The maximum atomic E-state index is 13.2. The molecule has 1 rings (SSSR count). The minimum atomic E-state index is -1.13. The number of hydrogen-bond donors (Lipinski definition) is 2. The molecule has 0 fully saturated rings. The van der Waals surface area contributed by atoms with Gasteiger partial charge in [-0.1, -0.05) is 15.9 Å². The number of benzene rings is 1. The number of carboxylic acids is 1. The van der Waals surface area contributed by atoms with Crippen LogP contribution in [0.3, 0.4) is 0 Å². The highest BCUT2D eigenvalue weighted by atomic mass is 79.9. The van der Waals surface area contributed by atoms with Crippen LogP contribution in [0.2, 0.25) is 0 Å². The van der Waals surface area contributed by atoms with Crippen molar-refractivity contribution in [3.05, 3.63) is 34.1 Å². The fourth-order valence-electron chi connectivity index (χ4n) is 1.62. The number of halogens is 2. The zero-order valence-electron chi connectivity index (χ0n) is 10.9. The van der Waals surface area contributed by atoms with E-state index in [1.165, 1.54) is 19.2 Å². The average molecular weight is 348 g/mol. The lowest BCUT2D eigenvalue weighted by Gasteiger charge is -2.14. The van der Waals surface area contributed by atoms with Crippen LogP contribution in [-0.2, 0) is 9.53 Å². The molecule has 0 aliphatic carbocycles. The first-order valence-electron chi connectivity index (χ1n) is 5.92. The molecule has 0 saturated carbocycles. The smallest absolute Gasteiger partial charge is 0.326 e. The van der Waals surface area contributed by atoms with Crippen molar-refractivity contribution in [3.63, 3.8) is 0 Å². The second kappa shape index (κ2) is 7.96. The van der Waals surface area contributed by atoms with Gasteiger partial charge in [-0.15, -0.1) is 0 Å². The van der Waals surface area contributed by atoms with Gasteiger partial charge in [0.15, 0.2) is 0 Å². The van der Waals surface area contributed by atoms with E-state index in [-0.39, 0.29) is 12.0 Å². The standard InChI is InChI=1S/C13H15BrFNO4/c1-20-4-2-3-11(13(18)19)16-12(17)8-5-9(14)7-10(15)6-8/h5-7,11H,2-4H2,1H3,(H,16,17)(H,18,19). The van der Waals surface area contributed by atoms with Crippen molar-refractivity contribution in [1.29, 1.82) is 0 Å². The van der Waals surface area contributed by atoms with Crippen molar-refractivity contribution < 1.29 is 23.8 Å². The molecule has 20 heavy (non-hydrogen) atoms. The van der Waals surface area contributed by atoms with Crippen molar-refractivity contribution in [1.82, 2.24) is 5.32 Å². The number of rotatable bonds is 7. The third-order valence-corrected chi connectivity index (χ3v) is 3.03. The van der Waals surface area contributed by atoms with E-state index in [0.717, 1.165) is 6.07 Å². The molecule has 0 aromatic heterocycles. The van der Waals surface area contributed by atoms with Crippen LogP contribution >= 0.6 is 15.9 Å². The second-order valence-electron chi connectivity index (χ2n) is 4.16. The van der Waals surface area contributed by atoms with Gasteiger partial charge in [-0.05, 0) is 31.0 Å². The van der Waals surface area contributed by atoms with Crippen LogP contribution in [0.15, 0.2) is 22.7 Å². The molecule has 1 amide bonds. The molecule has 0 aliphatic rings. The first-order valence-corrected chi connectivity index (χ1v) is 6.72. The summed E-state index contributed by atoms with van der Waals surface area (Å²) in [6.07, 6.45) is 0.742. The molecule has 0 heterocycles. The molecule has 1 atom stereocenters. The lowest BCUT2D eigenvalue weighted by Crippen LogP contribution is -2.41. The Hall–Kier alpha value is -1.47. The Morgan fingerprint density at radius 2 is 2.15 bits per heavy atom. The number of amides is 1. The monoisotopic (exact) mass is 347 g/mol. The fraction of sp³-hybridized carbons (Fsp3) is 0.385. The highest BCUT2D eigenvalue weighted by Gasteiger charge is 2.20. The van der Waals surface area contributed by atoms with Gasteiger partial charge in [-0.2, -0.15) is 0 Å². The number of aliphatic carboxylic acids is 1. The number of carbonyl (C=O) groups excluding carboxylic acids is 1. The lowest BCUT2D eigenvalue weighted by molar-refractivity contribution is -0.139. The molecular formula is C13H15BrFNO4. The summed E-state index contributed by atoms with van der Waals surface area (Å²) < 4.78 is 18.4. The van der Waals surface area contributed by atoms with E-state index in [0.29, 0.717) is 17.5 Å². The fourth-order valence-corrected chi connectivity index (χ4v) is 2.08. The van der Waals surface area contributed by atoms with Crippen molar-refractivity contribution in [2.45, 2.75) is 18.9 Å². The third-order valence-electron chi connectivity index (χ3n) is 2.57. The van der Waals surface area contributed by atoms with Gasteiger partial charge in [0, 0.05) is 23.8 Å². The van der Waals surface area contributed by atoms with Gasteiger partial charge in [0.1, 0.15) is 11.9 Å². The summed E-state index contributed by atoms with van der Waals surface area (Å²) in [4.78, 5) is 23.0. The molecule has 2 N–H and O–H groups in total. The van der Waals surface area contributed by atoms with Crippen LogP contribution in [0, 0.1) is 5.82 Å². The minimum absolute atomic E-state index is 0.0647. The normalized spacial score (nSPS) is 11.9. The number of carboxylic acid groups (broad SMARTS) is 1. The molecule has 5 nitrogen and oxygen atoms in total. The highest BCUT2D eigenvalue weighted by molar-refractivity contribution is 9.10. The van der Waals surface area contributed by atoms with Crippen molar-refractivity contribution in [3.8, 4) is 0 Å². The van der Waals surface area contributed by atoms with E-state index < -0.39 is 23.7 Å². The van der Waals surface area contributed by atoms with Crippen LogP contribution in [0.1, 0.15) is 23.2 Å². The van der Waals surface area contributed by atoms with E-state index in [9.17, 15) is 14.0 Å². The molecule has 110 valence electrons. The molecule has 0 aliphatic heterocycles. The summed E-state index contributed by atoms with van der Waals surface area (Å²) in [6.45, 7) is 0.408. The Morgan fingerprint density at radius 1 is 1.45 bits per heavy atom. The Labute approximate surface area is 124 Å². The van der Waals surface area contributed by atoms with Gasteiger partial charge in [0.05, 0.1) is 0 Å². The Morgan fingerprint density at radius 3 is 2.70 bits per heavy atom. The van der Waals surface area contributed by atoms with Crippen LogP contribution in [0.25, 0.3) is 0 Å². The average Bonchev–Trinajstić information content (AvgIpc) is 2.36. The minimum Gasteiger partial charge on any atom is -0.480 e. The van der Waals surface area contributed by atoms with E-state index in [2.05, 4.69) is 21.2 Å². The summed E-state index contributed by atoms with van der Waals surface area (Å²) >= 11 is 3.07. The van der Waals surface area contributed by atoms with Gasteiger partial charge in [-0.25, -0.2) is 9.18 Å². The SMILES string of the molecule is COCCCC(NC(=O)c1cc(F)cc(Br)c1)C(=O)O.